The zero-order valence-electron chi connectivity index (χ0n) is 17.8. The van der Waals surface area contributed by atoms with E-state index < -0.39 is 15.6 Å². The molecule has 0 fully saturated rings. The molecular weight excluding hydrogens is 430 g/mol. The predicted octanol–water partition coefficient (Wildman–Crippen LogP) is 5.41. The second-order valence-electron chi connectivity index (χ2n) is 7.05. The number of allylic oxidation sites excluding steroid dienone is 5. The number of unbranched alkanes of at least 4 members (excludes halogenated alkanes) is 4. The van der Waals surface area contributed by atoms with Crippen LogP contribution in [0.25, 0.3) is 0 Å². The van der Waals surface area contributed by atoms with Crippen molar-refractivity contribution in [1.29, 1.82) is 0 Å². The van der Waals surface area contributed by atoms with Crippen molar-refractivity contribution in [2.75, 3.05) is 13.2 Å². The van der Waals surface area contributed by atoms with Crippen LogP contribution in [0, 0.1) is 5.92 Å². The van der Waals surface area contributed by atoms with E-state index in [1.807, 2.05) is 25.2 Å². The summed E-state index contributed by atoms with van der Waals surface area (Å²) in [6, 6.07) is 0. The first-order valence-corrected chi connectivity index (χ1v) is 13.5. The molecule has 8 nitrogen and oxygen atoms in total. The molecule has 0 bridgehead atoms. The van der Waals surface area contributed by atoms with Crippen molar-refractivity contribution in [2.45, 2.75) is 71.1 Å². The standard InChI is InChI=1S/C20H38O8P2/c1-2-20(19-28-30(24,25)26)17-15-13-11-9-7-5-3-4-6-8-10-12-14-16-18-27-29(21,22)23/h3,5-6,8,12,14,20H,2,4,7,9-11,13,15-19H2,1H3,(H2,21,22,23)(H2,24,25,26)/b5-3+,8-6+,14-12+. The van der Waals surface area contributed by atoms with Crippen molar-refractivity contribution in [3.05, 3.63) is 36.5 Å². The van der Waals surface area contributed by atoms with Gasteiger partial charge in [-0.25, -0.2) is 9.13 Å². The Balaban J connectivity index is 3.55. The van der Waals surface area contributed by atoms with Gasteiger partial charge in [-0.2, -0.15) is 0 Å². The van der Waals surface area contributed by atoms with E-state index in [2.05, 4.69) is 27.3 Å². The molecule has 30 heavy (non-hydrogen) atoms. The van der Waals surface area contributed by atoms with Gasteiger partial charge in [0.1, 0.15) is 0 Å². The fraction of sp³-hybridized carbons (Fsp3) is 0.700. The quantitative estimate of drug-likeness (QED) is 0.112. The summed E-state index contributed by atoms with van der Waals surface area (Å²) in [5.41, 5.74) is 0. The van der Waals surface area contributed by atoms with E-state index in [-0.39, 0.29) is 19.1 Å². The van der Waals surface area contributed by atoms with Crippen LogP contribution in [0.5, 0.6) is 0 Å². The highest BCUT2D eigenvalue weighted by molar-refractivity contribution is 7.46. The maximum atomic E-state index is 10.7. The van der Waals surface area contributed by atoms with Crippen molar-refractivity contribution in [3.63, 3.8) is 0 Å². The topological polar surface area (TPSA) is 134 Å². The Hall–Kier alpha value is -0.560. The molecule has 0 aromatic carbocycles. The summed E-state index contributed by atoms with van der Waals surface area (Å²) < 4.78 is 30.1. The van der Waals surface area contributed by atoms with E-state index in [1.54, 1.807) is 0 Å². The average Bonchev–Trinajstić information content (AvgIpc) is 2.65. The lowest BCUT2D eigenvalue weighted by atomic mass is 9.99. The van der Waals surface area contributed by atoms with Gasteiger partial charge in [-0.15, -0.1) is 0 Å². The molecule has 0 amide bonds. The van der Waals surface area contributed by atoms with Crippen molar-refractivity contribution < 1.29 is 37.8 Å². The normalized spacial score (nSPS) is 14.4. The Morgan fingerprint density at radius 1 is 0.733 bits per heavy atom. The molecule has 10 heteroatoms. The highest BCUT2D eigenvalue weighted by Gasteiger charge is 2.17. The summed E-state index contributed by atoms with van der Waals surface area (Å²) in [5, 5.41) is 0. The van der Waals surface area contributed by atoms with E-state index in [9.17, 15) is 9.13 Å². The number of phosphoric acid groups is 2. The van der Waals surface area contributed by atoms with Crippen LogP contribution in [0.4, 0.5) is 0 Å². The van der Waals surface area contributed by atoms with Gasteiger partial charge >= 0.3 is 15.6 Å². The van der Waals surface area contributed by atoms with Crippen LogP contribution in [0.15, 0.2) is 36.5 Å². The zero-order chi connectivity index (χ0) is 22.7. The van der Waals surface area contributed by atoms with Crippen LogP contribution >= 0.6 is 15.6 Å². The maximum Gasteiger partial charge on any atom is 0.469 e. The van der Waals surface area contributed by atoms with Gasteiger partial charge in [-0.05, 0) is 44.4 Å². The third-order valence-corrected chi connectivity index (χ3v) is 5.38. The van der Waals surface area contributed by atoms with E-state index in [0.29, 0.717) is 6.42 Å². The van der Waals surface area contributed by atoms with Crippen LogP contribution < -0.4 is 0 Å². The second-order valence-corrected chi connectivity index (χ2v) is 9.53. The van der Waals surface area contributed by atoms with Crippen LogP contribution in [0.3, 0.4) is 0 Å². The van der Waals surface area contributed by atoms with Crippen molar-refractivity contribution in [2.24, 2.45) is 5.92 Å². The van der Waals surface area contributed by atoms with Gasteiger partial charge < -0.3 is 19.6 Å². The lowest BCUT2D eigenvalue weighted by molar-refractivity contribution is 0.161. The van der Waals surface area contributed by atoms with Crippen LogP contribution in [0.2, 0.25) is 0 Å². The third kappa shape index (κ3) is 23.7. The molecule has 0 aliphatic carbocycles. The Morgan fingerprint density at radius 2 is 1.27 bits per heavy atom. The van der Waals surface area contributed by atoms with Gasteiger partial charge in [0.2, 0.25) is 0 Å². The zero-order valence-corrected chi connectivity index (χ0v) is 19.6. The highest BCUT2D eigenvalue weighted by atomic mass is 31.2. The summed E-state index contributed by atoms with van der Waals surface area (Å²) in [6.07, 6.45) is 21.6. The minimum Gasteiger partial charge on any atom is -0.303 e. The highest BCUT2D eigenvalue weighted by Crippen LogP contribution is 2.37. The lowest BCUT2D eigenvalue weighted by Gasteiger charge is -2.15. The summed E-state index contributed by atoms with van der Waals surface area (Å²) in [4.78, 5) is 34.5. The van der Waals surface area contributed by atoms with Gasteiger partial charge in [-0.1, -0.05) is 69.1 Å². The monoisotopic (exact) mass is 468 g/mol. The van der Waals surface area contributed by atoms with Crippen LogP contribution in [-0.4, -0.2) is 32.8 Å². The third-order valence-electron chi connectivity index (χ3n) is 4.38. The first kappa shape index (κ1) is 29.4. The van der Waals surface area contributed by atoms with E-state index in [0.717, 1.165) is 57.8 Å². The molecule has 4 N–H and O–H groups in total. The molecule has 1 unspecified atom stereocenters. The van der Waals surface area contributed by atoms with E-state index in [4.69, 9.17) is 19.6 Å². The minimum absolute atomic E-state index is 0.0113. The molecule has 0 rings (SSSR count). The largest absolute Gasteiger partial charge is 0.469 e. The van der Waals surface area contributed by atoms with Crippen LogP contribution in [-0.2, 0) is 18.2 Å². The molecule has 176 valence electrons. The molecule has 1 atom stereocenters. The van der Waals surface area contributed by atoms with Gasteiger partial charge in [0.15, 0.2) is 0 Å². The second kappa shape index (κ2) is 18.1. The van der Waals surface area contributed by atoms with Gasteiger partial charge in [-0.3, -0.25) is 9.05 Å². The first-order chi connectivity index (χ1) is 14.1. The smallest absolute Gasteiger partial charge is 0.303 e. The van der Waals surface area contributed by atoms with E-state index in [1.165, 1.54) is 0 Å². The Kier molecular flexibility index (Phi) is 17.7. The molecule has 0 saturated carbocycles. The molecule has 0 aromatic rings. The maximum absolute atomic E-state index is 10.7. The van der Waals surface area contributed by atoms with Gasteiger partial charge in [0.25, 0.3) is 0 Å². The minimum atomic E-state index is -4.36. The summed E-state index contributed by atoms with van der Waals surface area (Å²) in [6.45, 7) is 2.14. The van der Waals surface area contributed by atoms with Gasteiger partial charge in [0.05, 0.1) is 13.2 Å². The fourth-order valence-electron chi connectivity index (χ4n) is 2.67. The Morgan fingerprint density at radius 3 is 1.83 bits per heavy atom. The SMILES string of the molecule is CCC(CCCCCC/C=C/C/C=C/C/C=C/CCOP(=O)(O)O)COP(=O)(O)O. The summed E-state index contributed by atoms with van der Waals surface area (Å²) in [7, 11) is -8.71. The van der Waals surface area contributed by atoms with E-state index >= 15 is 0 Å². The molecule has 0 aliphatic rings. The lowest BCUT2D eigenvalue weighted by Crippen LogP contribution is -2.07. The average molecular weight is 468 g/mol. The molecule has 0 heterocycles. The van der Waals surface area contributed by atoms with Crippen molar-refractivity contribution in [1.82, 2.24) is 0 Å². The summed E-state index contributed by atoms with van der Waals surface area (Å²) in [5.74, 6) is 0.201. The Labute approximate surface area is 180 Å². The number of hydrogen-bond donors (Lipinski definition) is 4. The fourth-order valence-corrected chi connectivity index (χ4v) is 3.42. The number of rotatable bonds is 19. The number of hydrogen-bond acceptors (Lipinski definition) is 4. The molecular formula is C20H38O8P2. The molecule has 0 aromatic heterocycles. The first-order valence-electron chi connectivity index (χ1n) is 10.5. The molecule has 0 spiro atoms. The predicted molar refractivity (Wildman–Crippen MR) is 119 cm³/mol. The summed E-state index contributed by atoms with van der Waals surface area (Å²) >= 11 is 0. The number of phosphoric ester groups is 2. The van der Waals surface area contributed by atoms with Gasteiger partial charge in [0, 0.05) is 0 Å². The Bertz CT molecular complexity index is 592. The van der Waals surface area contributed by atoms with Crippen LogP contribution in [0.1, 0.15) is 71.1 Å². The molecule has 0 saturated heterocycles. The van der Waals surface area contributed by atoms with Crippen molar-refractivity contribution in [3.8, 4) is 0 Å². The molecule has 0 aliphatic heterocycles. The molecule has 0 radical (unpaired) electrons. The van der Waals surface area contributed by atoms with Crippen molar-refractivity contribution >= 4 is 15.6 Å².